The Morgan fingerprint density at radius 1 is 1.22 bits per heavy atom. The van der Waals surface area contributed by atoms with E-state index in [0.29, 0.717) is 13.2 Å². The van der Waals surface area contributed by atoms with Crippen LogP contribution in [0, 0.1) is 0 Å². The lowest BCUT2D eigenvalue weighted by atomic mass is 9.93. The highest BCUT2D eigenvalue weighted by atomic mass is 32.1. The Hall–Kier alpha value is -1.98. The summed E-state index contributed by atoms with van der Waals surface area (Å²) in [6.45, 7) is 5.67. The maximum atomic E-state index is 5.94. The van der Waals surface area contributed by atoms with Gasteiger partial charge in [-0.25, -0.2) is 9.97 Å². The Bertz CT molecular complexity index is 842. The van der Waals surface area contributed by atoms with Gasteiger partial charge in [0, 0.05) is 22.4 Å². The van der Waals surface area contributed by atoms with Gasteiger partial charge >= 0.3 is 0 Å². The Kier molecular flexibility index (Phi) is 3.54. The summed E-state index contributed by atoms with van der Waals surface area (Å²) in [5.41, 5.74) is 3.41. The Balaban J connectivity index is 1.71. The molecule has 4 rings (SSSR count). The summed E-state index contributed by atoms with van der Waals surface area (Å²) in [5, 5.41) is 4.67. The number of nitrogens with one attached hydrogen (secondary N) is 1. The molecule has 0 spiro atoms. The fourth-order valence-corrected chi connectivity index (χ4v) is 4.11. The Labute approximate surface area is 139 Å². The van der Waals surface area contributed by atoms with Gasteiger partial charge in [-0.2, -0.15) is 0 Å². The van der Waals surface area contributed by atoms with E-state index < -0.39 is 0 Å². The van der Waals surface area contributed by atoms with E-state index in [0.717, 1.165) is 22.6 Å². The standard InChI is InChI=1S/C18H19N3OS/c1-18(2)8-13-15(10-22-18)23-17-16(13)14(20-11-21-17)9-19-12-6-4-3-5-7-12/h3-7,11,19H,8-10H2,1-2H3. The molecule has 4 nitrogen and oxygen atoms in total. The monoisotopic (exact) mass is 325 g/mol. The van der Waals surface area contributed by atoms with Gasteiger partial charge in [-0.05, 0) is 31.5 Å². The zero-order valence-electron chi connectivity index (χ0n) is 13.3. The summed E-state index contributed by atoms with van der Waals surface area (Å²) in [4.78, 5) is 11.4. The molecule has 5 heteroatoms. The van der Waals surface area contributed by atoms with E-state index in [1.54, 1.807) is 17.7 Å². The van der Waals surface area contributed by atoms with Crippen LogP contribution in [-0.4, -0.2) is 15.6 Å². The lowest BCUT2D eigenvalue weighted by molar-refractivity contribution is -0.0379. The minimum atomic E-state index is -0.124. The number of ether oxygens (including phenoxy) is 1. The SMILES string of the molecule is CC1(C)Cc2c(sc3ncnc(CNc4ccccc4)c23)CO1. The van der Waals surface area contributed by atoms with Crippen molar-refractivity contribution in [3.63, 3.8) is 0 Å². The van der Waals surface area contributed by atoms with Crippen molar-refractivity contribution in [3.8, 4) is 0 Å². The second kappa shape index (κ2) is 5.58. The second-order valence-electron chi connectivity index (χ2n) is 6.45. The van der Waals surface area contributed by atoms with Crippen LogP contribution in [0.5, 0.6) is 0 Å². The Morgan fingerprint density at radius 2 is 2.04 bits per heavy atom. The summed E-state index contributed by atoms with van der Waals surface area (Å²) < 4.78 is 5.94. The molecule has 2 aromatic heterocycles. The van der Waals surface area contributed by atoms with E-state index in [1.165, 1.54) is 15.8 Å². The van der Waals surface area contributed by atoms with E-state index in [-0.39, 0.29) is 5.60 Å². The number of hydrogen-bond acceptors (Lipinski definition) is 5. The van der Waals surface area contributed by atoms with Gasteiger partial charge in [0.1, 0.15) is 11.2 Å². The number of nitrogens with zero attached hydrogens (tertiary/aromatic N) is 2. The molecule has 1 aliphatic rings. The minimum absolute atomic E-state index is 0.124. The number of para-hydroxylation sites is 1. The zero-order valence-corrected chi connectivity index (χ0v) is 14.1. The number of benzene rings is 1. The van der Waals surface area contributed by atoms with Crippen molar-refractivity contribution in [2.24, 2.45) is 0 Å². The van der Waals surface area contributed by atoms with Gasteiger partial charge in [-0.1, -0.05) is 18.2 Å². The normalized spacial score (nSPS) is 16.3. The number of rotatable bonds is 3. The predicted octanol–water partition coefficient (Wildman–Crippen LogP) is 4.15. The van der Waals surface area contributed by atoms with Crippen molar-refractivity contribution in [2.45, 2.75) is 39.0 Å². The highest BCUT2D eigenvalue weighted by molar-refractivity contribution is 7.18. The summed E-state index contributed by atoms with van der Waals surface area (Å²) in [7, 11) is 0. The third-order valence-corrected chi connectivity index (χ3v) is 5.29. The van der Waals surface area contributed by atoms with E-state index in [2.05, 4.69) is 41.3 Å². The van der Waals surface area contributed by atoms with E-state index in [4.69, 9.17) is 4.74 Å². The number of hydrogen-bond donors (Lipinski definition) is 1. The summed E-state index contributed by atoms with van der Waals surface area (Å²) in [5.74, 6) is 0. The first-order chi connectivity index (χ1) is 11.1. The van der Waals surface area contributed by atoms with Crippen LogP contribution in [-0.2, 0) is 24.3 Å². The molecule has 3 aromatic rings. The van der Waals surface area contributed by atoms with Crippen molar-refractivity contribution in [3.05, 3.63) is 52.8 Å². The number of thiophene rings is 1. The third-order valence-electron chi connectivity index (χ3n) is 4.18. The molecule has 1 N–H and O–H groups in total. The van der Waals surface area contributed by atoms with Crippen LogP contribution in [0.4, 0.5) is 5.69 Å². The quantitative estimate of drug-likeness (QED) is 0.785. The topological polar surface area (TPSA) is 47.0 Å². The molecule has 0 fully saturated rings. The molecular formula is C18H19N3OS. The summed E-state index contributed by atoms with van der Waals surface area (Å²) >= 11 is 1.73. The lowest BCUT2D eigenvalue weighted by Gasteiger charge is -2.30. The van der Waals surface area contributed by atoms with Crippen LogP contribution in [0.25, 0.3) is 10.2 Å². The lowest BCUT2D eigenvalue weighted by Crippen LogP contribution is -2.31. The molecule has 1 aromatic carbocycles. The number of fused-ring (bicyclic) bond motifs is 3. The molecule has 1 aliphatic heterocycles. The molecule has 3 heterocycles. The van der Waals surface area contributed by atoms with Gasteiger partial charge in [0.2, 0.25) is 0 Å². The number of aromatic nitrogens is 2. The van der Waals surface area contributed by atoms with Gasteiger partial charge in [0.05, 0.1) is 24.4 Å². The van der Waals surface area contributed by atoms with E-state index in [1.807, 2.05) is 18.2 Å². The largest absolute Gasteiger partial charge is 0.379 e. The smallest absolute Gasteiger partial charge is 0.127 e. The van der Waals surface area contributed by atoms with Crippen LogP contribution in [0.15, 0.2) is 36.7 Å². The fraction of sp³-hybridized carbons (Fsp3) is 0.333. The van der Waals surface area contributed by atoms with Crippen LogP contribution in [0.1, 0.15) is 30.0 Å². The fourth-order valence-electron chi connectivity index (χ4n) is 3.02. The summed E-state index contributed by atoms with van der Waals surface area (Å²) in [6.07, 6.45) is 2.58. The average molecular weight is 325 g/mol. The minimum Gasteiger partial charge on any atom is -0.379 e. The highest BCUT2D eigenvalue weighted by Gasteiger charge is 2.30. The first-order valence-electron chi connectivity index (χ1n) is 7.79. The first kappa shape index (κ1) is 14.6. The average Bonchev–Trinajstić information content (AvgIpc) is 2.91. The predicted molar refractivity (Wildman–Crippen MR) is 93.8 cm³/mol. The molecular weight excluding hydrogens is 306 g/mol. The first-order valence-corrected chi connectivity index (χ1v) is 8.61. The van der Waals surface area contributed by atoms with Crippen LogP contribution in [0.2, 0.25) is 0 Å². The molecule has 0 radical (unpaired) electrons. The molecule has 0 saturated heterocycles. The molecule has 0 amide bonds. The van der Waals surface area contributed by atoms with Crippen LogP contribution in [0.3, 0.4) is 0 Å². The molecule has 23 heavy (non-hydrogen) atoms. The zero-order chi connectivity index (χ0) is 15.9. The van der Waals surface area contributed by atoms with Crippen molar-refractivity contribution in [2.75, 3.05) is 5.32 Å². The maximum absolute atomic E-state index is 5.94. The molecule has 0 bridgehead atoms. The maximum Gasteiger partial charge on any atom is 0.127 e. The molecule has 0 saturated carbocycles. The number of anilines is 1. The van der Waals surface area contributed by atoms with Crippen LogP contribution >= 0.6 is 11.3 Å². The van der Waals surface area contributed by atoms with Gasteiger partial charge in [-0.15, -0.1) is 11.3 Å². The van der Waals surface area contributed by atoms with Gasteiger partial charge in [0.25, 0.3) is 0 Å². The summed E-state index contributed by atoms with van der Waals surface area (Å²) in [6, 6.07) is 10.2. The van der Waals surface area contributed by atoms with E-state index in [9.17, 15) is 0 Å². The second-order valence-corrected chi connectivity index (χ2v) is 7.53. The van der Waals surface area contributed by atoms with Gasteiger partial charge in [0.15, 0.2) is 0 Å². The molecule has 0 atom stereocenters. The molecule has 0 aliphatic carbocycles. The van der Waals surface area contributed by atoms with E-state index >= 15 is 0 Å². The van der Waals surface area contributed by atoms with Crippen molar-refractivity contribution in [1.82, 2.24) is 9.97 Å². The van der Waals surface area contributed by atoms with Gasteiger partial charge in [-0.3, -0.25) is 0 Å². The molecule has 0 unspecified atom stereocenters. The van der Waals surface area contributed by atoms with Crippen molar-refractivity contribution < 1.29 is 4.74 Å². The van der Waals surface area contributed by atoms with Gasteiger partial charge < -0.3 is 10.1 Å². The Morgan fingerprint density at radius 3 is 2.87 bits per heavy atom. The van der Waals surface area contributed by atoms with Crippen molar-refractivity contribution >= 4 is 27.2 Å². The third kappa shape index (κ3) is 2.82. The van der Waals surface area contributed by atoms with Crippen molar-refractivity contribution in [1.29, 1.82) is 0 Å². The highest BCUT2D eigenvalue weighted by Crippen LogP contribution is 2.39. The molecule has 118 valence electrons. The van der Waals surface area contributed by atoms with Crippen LogP contribution < -0.4 is 5.32 Å².